The van der Waals surface area contributed by atoms with Gasteiger partial charge in [-0.15, -0.1) is 0 Å². The number of benzene rings is 7. The van der Waals surface area contributed by atoms with Crippen molar-refractivity contribution in [1.29, 1.82) is 0 Å². The fourth-order valence-electron chi connectivity index (χ4n) is 7.86. The molecule has 0 atom stereocenters. The molecule has 2 aromatic heterocycles. The molecule has 9 rings (SSSR count). The molecule has 2 heterocycles. The van der Waals surface area contributed by atoms with Gasteiger partial charge in [0.1, 0.15) is 0 Å². The number of aromatic nitrogens is 2. The van der Waals surface area contributed by atoms with Crippen LogP contribution in [0.25, 0.3) is 88.6 Å². The highest BCUT2D eigenvalue weighted by atomic mass is 15.0. The van der Waals surface area contributed by atoms with E-state index in [0.717, 1.165) is 55.5 Å². The van der Waals surface area contributed by atoms with Gasteiger partial charge in [-0.1, -0.05) is 158 Å². The minimum Gasteiger partial charge on any atom is -0.397 e. The largest absolute Gasteiger partial charge is 0.397 e. The maximum absolute atomic E-state index is 6.48. The molecule has 0 radical (unpaired) electrons. The first kappa shape index (κ1) is 33.6. The van der Waals surface area contributed by atoms with Crippen LogP contribution >= 0.6 is 0 Å². The van der Waals surface area contributed by atoms with E-state index in [1.807, 2.05) is 43.5 Å². The summed E-state index contributed by atoms with van der Waals surface area (Å²) in [7, 11) is 0. The number of hydrogen-bond acceptors (Lipinski definition) is 2. The summed E-state index contributed by atoms with van der Waals surface area (Å²) in [5.74, 6) is 0. The molecule has 55 heavy (non-hydrogen) atoms. The van der Waals surface area contributed by atoms with E-state index >= 15 is 0 Å². The lowest BCUT2D eigenvalue weighted by molar-refractivity contribution is 1.16. The van der Waals surface area contributed by atoms with Crippen LogP contribution in [0.15, 0.2) is 195 Å². The SMILES string of the molecule is C=C(/C=C\c1ccccc1)c1c2ccccc2c(-c2ccc(-c3ccc4c(c3)c3cc(/C(N)=C/C=C\C)ncc3n4-c3ccccc3)cc2)c2ccccc12. The molecular formula is C52H39N3. The van der Waals surface area contributed by atoms with Crippen molar-refractivity contribution < 1.29 is 0 Å². The van der Waals surface area contributed by atoms with Gasteiger partial charge in [-0.3, -0.25) is 4.98 Å². The second-order valence-electron chi connectivity index (χ2n) is 13.8. The maximum atomic E-state index is 6.48. The van der Waals surface area contributed by atoms with E-state index < -0.39 is 0 Å². The molecule has 0 spiro atoms. The summed E-state index contributed by atoms with van der Waals surface area (Å²) in [5.41, 5.74) is 19.1. The minimum atomic E-state index is 0.633. The van der Waals surface area contributed by atoms with Crippen LogP contribution in [0.3, 0.4) is 0 Å². The normalized spacial score (nSPS) is 12.2. The third kappa shape index (κ3) is 6.12. The highest BCUT2D eigenvalue weighted by molar-refractivity contribution is 6.19. The van der Waals surface area contributed by atoms with Gasteiger partial charge >= 0.3 is 0 Å². The van der Waals surface area contributed by atoms with Crippen molar-refractivity contribution in [3.05, 3.63) is 212 Å². The molecule has 7 aromatic carbocycles. The first-order valence-electron chi connectivity index (χ1n) is 18.6. The number of pyridine rings is 1. The second-order valence-corrected chi connectivity index (χ2v) is 13.8. The Hall–Kier alpha value is -7.23. The Morgan fingerprint density at radius 1 is 0.600 bits per heavy atom. The van der Waals surface area contributed by atoms with E-state index in [0.29, 0.717) is 5.70 Å². The number of allylic oxidation sites excluding steroid dienone is 5. The first-order chi connectivity index (χ1) is 27.1. The molecule has 2 N–H and O–H groups in total. The Bertz CT molecular complexity index is 2920. The van der Waals surface area contributed by atoms with Gasteiger partial charge in [-0.05, 0) is 104 Å². The summed E-state index contributed by atoms with van der Waals surface area (Å²) in [4.78, 5) is 4.78. The highest BCUT2D eigenvalue weighted by Crippen LogP contribution is 2.43. The fraction of sp³-hybridized carbons (Fsp3) is 0.0192. The van der Waals surface area contributed by atoms with Gasteiger partial charge < -0.3 is 10.3 Å². The van der Waals surface area contributed by atoms with Gasteiger partial charge in [0.25, 0.3) is 0 Å². The summed E-state index contributed by atoms with van der Waals surface area (Å²) in [5, 5.41) is 7.06. The predicted octanol–water partition coefficient (Wildman–Crippen LogP) is 13.4. The Kier molecular flexibility index (Phi) is 8.74. The lowest BCUT2D eigenvalue weighted by Crippen LogP contribution is -1.99. The molecule has 0 saturated heterocycles. The van der Waals surface area contributed by atoms with Crippen molar-refractivity contribution in [2.45, 2.75) is 6.92 Å². The smallest absolute Gasteiger partial charge is 0.0866 e. The predicted molar refractivity (Wildman–Crippen MR) is 236 cm³/mol. The number of fused-ring (bicyclic) bond motifs is 5. The van der Waals surface area contributed by atoms with Crippen LogP contribution in [0.5, 0.6) is 0 Å². The van der Waals surface area contributed by atoms with Crippen LogP contribution in [0.4, 0.5) is 0 Å². The standard InChI is InChI=1S/C52H39N3/c1-3-4-23-47(53)48-33-46-45-32-39(30-31-49(45)55(50(46)34-54-48)40-17-9-6-10-18-40)37-26-28-38(29-27-37)52-43-21-13-11-19-41(43)51(42-20-12-14-22-44(42)52)35(2)24-25-36-15-7-5-8-16-36/h3-34H,2,53H2,1H3/b4-3-,25-24-,47-23-. The van der Waals surface area contributed by atoms with E-state index in [4.69, 9.17) is 10.7 Å². The Balaban J connectivity index is 1.16. The van der Waals surface area contributed by atoms with Crippen molar-refractivity contribution in [2.24, 2.45) is 5.73 Å². The third-order valence-corrected chi connectivity index (χ3v) is 10.5. The first-order valence-corrected chi connectivity index (χ1v) is 18.6. The van der Waals surface area contributed by atoms with Crippen LogP contribution in [-0.2, 0) is 0 Å². The van der Waals surface area contributed by atoms with E-state index in [-0.39, 0.29) is 0 Å². The van der Waals surface area contributed by atoms with Crippen LogP contribution in [0.1, 0.15) is 23.7 Å². The average molecular weight is 706 g/mol. The van der Waals surface area contributed by atoms with Crippen LogP contribution in [-0.4, -0.2) is 9.55 Å². The van der Waals surface area contributed by atoms with Crippen molar-refractivity contribution in [3.8, 4) is 27.9 Å². The van der Waals surface area contributed by atoms with Crippen molar-refractivity contribution in [2.75, 3.05) is 0 Å². The number of rotatable bonds is 8. The maximum Gasteiger partial charge on any atom is 0.0866 e. The molecule has 3 nitrogen and oxygen atoms in total. The third-order valence-electron chi connectivity index (χ3n) is 10.5. The molecule has 0 aliphatic heterocycles. The van der Waals surface area contributed by atoms with Crippen LogP contribution in [0, 0.1) is 0 Å². The van der Waals surface area contributed by atoms with Crippen molar-refractivity contribution in [3.63, 3.8) is 0 Å². The van der Waals surface area contributed by atoms with Gasteiger partial charge in [0.05, 0.1) is 28.6 Å². The molecule has 0 fully saturated rings. The number of para-hydroxylation sites is 1. The van der Waals surface area contributed by atoms with E-state index in [1.54, 1.807) is 0 Å². The van der Waals surface area contributed by atoms with Crippen molar-refractivity contribution >= 4 is 60.7 Å². The molecule has 9 aromatic rings. The highest BCUT2D eigenvalue weighted by Gasteiger charge is 2.18. The molecule has 0 amide bonds. The molecule has 0 bridgehead atoms. The van der Waals surface area contributed by atoms with Crippen molar-refractivity contribution in [1.82, 2.24) is 9.55 Å². The minimum absolute atomic E-state index is 0.633. The monoisotopic (exact) mass is 705 g/mol. The topological polar surface area (TPSA) is 43.8 Å². The Morgan fingerprint density at radius 2 is 1.18 bits per heavy atom. The molecule has 0 aliphatic rings. The lowest BCUT2D eigenvalue weighted by Gasteiger charge is -2.18. The molecular weight excluding hydrogens is 667 g/mol. The summed E-state index contributed by atoms with van der Waals surface area (Å²) in [6.07, 6.45) is 12.0. The average Bonchev–Trinajstić information content (AvgIpc) is 3.57. The van der Waals surface area contributed by atoms with E-state index in [9.17, 15) is 0 Å². The van der Waals surface area contributed by atoms with Gasteiger partial charge in [-0.25, -0.2) is 0 Å². The zero-order valence-corrected chi connectivity index (χ0v) is 30.7. The quantitative estimate of drug-likeness (QED) is 0.126. The van der Waals surface area contributed by atoms with Crippen LogP contribution < -0.4 is 5.73 Å². The molecule has 3 heteroatoms. The lowest BCUT2D eigenvalue weighted by atomic mass is 9.85. The summed E-state index contributed by atoms with van der Waals surface area (Å²) >= 11 is 0. The molecule has 262 valence electrons. The zero-order chi connectivity index (χ0) is 37.3. The number of nitrogens with two attached hydrogens (primary N) is 1. The zero-order valence-electron chi connectivity index (χ0n) is 30.7. The molecule has 0 aliphatic carbocycles. The van der Waals surface area contributed by atoms with E-state index in [2.05, 4.69) is 169 Å². The van der Waals surface area contributed by atoms with Gasteiger partial charge in [0.2, 0.25) is 0 Å². The summed E-state index contributed by atoms with van der Waals surface area (Å²) in [6.45, 7) is 6.55. The van der Waals surface area contributed by atoms with Gasteiger partial charge in [0.15, 0.2) is 0 Å². The van der Waals surface area contributed by atoms with Gasteiger partial charge in [-0.2, -0.15) is 0 Å². The Labute approximate surface area is 321 Å². The number of nitrogens with zero attached hydrogens (tertiary/aromatic N) is 2. The molecule has 0 saturated carbocycles. The second kappa shape index (κ2) is 14.3. The molecule has 0 unspecified atom stereocenters. The number of hydrogen-bond donors (Lipinski definition) is 1. The Morgan fingerprint density at radius 3 is 1.85 bits per heavy atom. The van der Waals surface area contributed by atoms with Gasteiger partial charge in [0, 0.05) is 16.5 Å². The summed E-state index contributed by atoms with van der Waals surface area (Å²) < 4.78 is 2.28. The summed E-state index contributed by atoms with van der Waals surface area (Å²) in [6, 6.07) is 56.2. The van der Waals surface area contributed by atoms with Crippen LogP contribution in [0.2, 0.25) is 0 Å². The van der Waals surface area contributed by atoms with E-state index in [1.165, 1.54) is 38.2 Å². The fourth-order valence-corrected chi connectivity index (χ4v) is 7.86.